The number of ether oxygens (including phenoxy) is 1. The Morgan fingerprint density at radius 3 is 2.44 bits per heavy atom. The molecule has 0 bridgehead atoms. The van der Waals surface area contributed by atoms with Crippen LogP contribution in [-0.4, -0.2) is 33.1 Å². The number of hydrogen-bond donors (Lipinski definition) is 1. The van der Waals surface area contributed by atoms with Gasteiger partial charge in [0.15, 0.2) is 0 Å². The van der Waals surface area contributed by atoms with Crippen molar-refractivity contribution in [1.82, 2.24) is 0 Å². The Labute approximate surface area is 57.4 Å². The fourth-order valence-corrected chi connectivity index (χ4v) is 0.711. The van der Waals surface area contributed by atoms with Crippen molar-refractivity contribution in [2.24, 2.45) is 0 Å². The lowest BCUT2D eigenvalue weighted by atomic mass is 10.4. The molecule has 0 heterocycles. The Morgan fingerprint density at radius 2 is 2.33 bits per heavy atom. The normalized spacial score (nSPS) is 17.1. The summed E-state index contributed by atoms with van der Waals surface area (Å²) in [6, 6.07) is 0. The van der Waals surface area contributed by atoms with Crippen LogP contribution in [0.4, 0.5) is 0 Å². The number of carbonyl (C=O) groups is 1. The minimum Gasteiger partial charge on any atom is -0.479 e. The highest BCUT2D eigenvalue weighted by molar-refractivity contribution is 6.25. The Kier molecular flexibility index (Phi) is 2.86. The van der Waals surface area contributed by atoms with Crippen molar-refractivity contribution in [1.29, 1.82) is 0 Å². The SMILES string of the molecule is CCOC(C)([SiH3])C(=O)O. The molecule has 1 N–H and O–H groups in total. The van der Waals surface area contributed by atoms with Gasteiger partial charge in [0.05, 0.1) is 10.2 Å². The van der Waals surface area contributed by atoms with Crippen molar-refractivity contribution in [2.75, 3.05) is 6.61 Å². The average molecular weight is 148 g/mol. The lowest BCUT2D eigenvalue weighted by molar-refractivity contribution is -0.153. The second-order valence-corrected chi connectivity index (χ2v) is 4.16. The zero-order chi connectivity index (χ0) is 7.49. The third-order valence-corrected chi connectivity index (χ3v) is 1.74. The number of carboxylic acids is 1. The summed E-state index contributed by atoms with van der Waals surface area (Å²) in [4.78, 5) is 10.3. The summed E-state index contributed by atoms with van der Waals surface area (Å²) in [7, 11) is 0.521. The molecule has 1 atom stereocenters. The molecular weight excluding hydrogens is 136 g/mol. The monoisotopic (exact) mass is 148 g/mol. The first-order valence-corrected chi connectivity index (χ1v) is 3.88. The molecule has 0 radical (unpaired) electrons. The zero-order valence-electron chi connectivity index (χ0n) is 5.97. The van der Waals surface area contributed by atoms with Gasteiger partial charge in [-0.1, -0.05) is 0 Å². The largest absolute Gasteiger partial charge is 0.479 e. The van der Waals surface area contributed by atoms with Gasteiger partial charge in [0.1, 0.15) is 5.22 Å². The van der Waals surface area contributed by atoms with Gasteiger partial charge in [-0.3, -0.25) is 0 Å². The fraction of sp³-hybridized carbons (Fsp3) is 0.800. The second kappa shape index (κ2) is 2.98. The molecule has 54 valence electrons. The molecule has 9 heavy (non-hydrogen) atoms. The van der Waals surface area contributed by atoms with Crippen LogP contribution in [0.5, 0.6) is 0 Å². The van der Waals surface area contributed by atoms with Crippen LogP contribution in [0.2, 0.25) is 0 Å². The molecule has 0 rings (SSSR count). The van der Waals surface area contributed by atoms with Crippen molar-refractivity contribution >= 4 is 16.2 Å². The summed E-state index contributed by atoms with van der Waals surface area (Å²) in [5.41, 5.74) is 0. The minimum absolute atomic E-state index is 0.465. The second-order valence-electron chi connectivity index (χ2n) is 2.25. The van der Waals surface area contributed by atoms with Gasteiger partial charge in [0.2, 0.25) is 0 Å². The topological polar surface area (TPSA) is 46.5 Å². The van der Waals surface area contributed by atoms with Crippen LogP contribution in [0.1, 0.15) is 13.8 Å². The van der Waals surface area contributed by atoms with Gasteiger partial charge >= 0.3 is 5.97 Å². The molecular formula is C5H12O3Si. The van der Waals surface area contributed by atoms with Gasteiger partial charge < -0.3 is 9.84 Å². The van der Waals surface area contributed by atoms with E-state index >= 15 is 0 Å². The summed E-state index contributed by atoms with van der Waals surface area (Å²) in [6.07, 6.45) is 0. The first kappa shape index (κ1) is 8.65. The molecule has 0 aromatic rings. The predicted molar refractivity (Wildman–Crippen MR) is 37.6 cm³/mol. The van der Waals surface area contributed by atoms with Crippen molar-refractivity contribution < 1.29 is 14.6 Å². The van der Waals surface area contributed by atoms with E-state index in [1.807, 2.05) is 0 Å². The molecule has 3 nitrogen and oxygen atoms in total. The van der Waals surface area contributed by atoms with E-state index in [9.17, 15) is 4.79 Å². The molecule has 0 aliphatic heterocycles. The Hall–Kier alpha value is -0.353. The average Bonchev–Trinajstić information content (AvgIpc) is 1.65. The molecule has 4 heteroatoms. The summed E-state index contributed by atoms with van der Waals surface area (Å²) < 4.78 is 4.95. The third kappa shape index (κ3) is 2.62. The highest BCUT2D eigenvalue weighted by atomic mass is 28.1. The number of hydrogen-bond acceptors (Lipinski definition) is 2. The van der Waals surface area contributed by atoms with E-state index in [0.29, 0.717) is 16.8 Å². The Morgan fingerprint density at radius 1 is 1.89 bits per heavy atom. The van der Waals surface area contributed by atoms with E-state index in [-0.39, 0.29) is 0 Å². The van der Waals surface area contributed by atoms with E-state index < -0.39 is 11.2 Å². The van der Waals surface area contributed by atoms with Crippen molar-refractivity contribution in [2.45, 2.75) is 19.1 Å². The van der Waals surface area contributed by atoms with Crippen molar-refractivity contribution in [3.05, 3.63) is 0 Å². The van der Waals surface area contributed by atoms with Crippen molar-refractivity contribution in [3.63, 3.8) is 0 Å². The van der Waals surface area contributed by atoms with Gasteiger partial charge in [0.25, 0.3) is 0 Å². The van der Waals surface area contributed by atoms with Crippen LogP contribution in [-0.2, 0) is 9.53 Å². The molecule has 0 aliphatic rings. The van der Waals surface area contributed by atoms with Crippen LogP contribution >= 0.6 is 0 Å². The molecule has 0 aliphatic carbocycles. The maximum atomic E-state index is 10.3. The van der Waals surface area contributed by atoms with E-state index in [1.54, 1.807) is 13.8 Å². The number of carboxylic acid groups (broad SMARTS) is 1. The molecule has 0 saturated heterocycles. The summed E-state index contributed by atoms with van der Waals surface area (Å²) in [6.45, 7) is 3.84. The van der Waals surface area contributed by atoms with Gasteiger partial charge in [-0.2, -0.15) is 0 Å². The van der Waals surface area contributed by atoms with Crippen LogP contribution in [0, 0.1) is 0 Å². The fourth-order valence-electron chi connectivity index (χ4n) is 0.423. The summed E-state index contributed by atoms with van der Waals surface area (Å²) in [5.74, 6) is -0.865. The molecule has 0 aromatic heterocycles. The first-order valence-electron chi connectivity index (χ1n) is 2.88. The van der Waals surface area contributed by atoms with Gasteiger partial charge in [-0.25, -0.2) is 4.79 Å². The molecule has 0 saturated carbocycles. The summed E-state index contributed by atoms with van der Waals surface area (Å²) >= 11 is 0. The van der Waals surface area contributed by atoms with Crippen molar-refractivity contribution in [3.8, 4) is 0 Å². The predicted octanol–water partition coefficient (Wildman–Crippen LogP) is -0.811. The van der Waals surface area contributed by atoms with Gasteiger partial charge in [-0.15, -0.1) is 0 Å². The smallest absolute Gasteiger partial charge is 0.330 e. The standard InChI is InChI=1S/C5H12O3Si/c1-3-8-5(2,9)4(6)7/h3H2,1-2,9H3,(H,6,7). The number of aliphatic carboxylic acids is 1. The molecule has 0 spiro atoms. The lowest BCUT2D eigenvalue weighted by Crippen LogP contribution is -2.38. The molecule has 0 fully saturated rings. The molecule has 0 amide bonds. The highest BCUT2D eigenvalue weighted by Gasteiger charge is 2.26. The Bertz CT molecular complexity index is 111. The van der Waals surface area contributed by atoms with Gasteiger partial charge in [0, 0.05) is 6.61 Å². The minimum atomic E-state index is -0.894. The maximum Gasteiger partial charge on any atom is 0.330 e. The van der Waals surface area contributed by atoms with E-state index in [1.165, 1.54) is 0 Å². The van der Waals surface area contributed by atoms with Crippen LogP contribution in [0.3, 0.4) is 0 Å². The lowest BCUT2D eigenvalue weighted by Gasteiger charge is -2.18. The Balaban J connectivity index is 3.85. The van der Waals surface area contributed by atoms with E-state index in [2.05, 4.69) is 0 Å². The highest BCUT2D eigenvalue weighted by Crippen LogP contribution is 2.03. The molecule has 1 unspecified atom stereocenters. The van der Waals surface area contributed by atoms with Gasteiger partial charge in [-0.05, 0) is 13.8 Å². The van der Waals surface area contributed by atoms with E-state index in [4.69, 9.17) is 9.84 Å². The quantitative estimate of drug-likeness (QED) is 0.532. The maximum absolute atomic E-state index is 10.3. The summed E-state index contributed by atoms with van der Waals surface area (Å²) in [5, 5.41) is 7.59. The third-order valence-electron chi connectivity index (χ3n) is 1.02. The zero-order valence-corrected chi connectivity index (χ0v) is 7.97. The van der Waals surface area contributed by atoms with E-state index in [0.717, 1.165) is 0 Å². The first-order chi connectivity index (χ1) is 4.00. The number of rotatable bonds is 3. The van der Waals surface area contributed by atoms with Crippen LogP contribution in [0.25, 0.3) is 0 Å². The molecule has 0 aromatic carbocycles. The van der Waals surface area contributed by atoms with Crippen LogP contribution < -0.4 is 0 Å². The van der Waals surface area contributed by atoms with Crippen LogP contribution in [0.15, 0.2) is 0 Å².